The van der Waals surface area contributed by atoms with Gasteiger partial charge in [0, 0.05) is 35.8 Å². The average Bonchev–Trinajstić information content (AvgIpc) is 3.37. The van der Waals surface area contributed by atoms with Gasteiger partial charge in [-0.2, -0.15) is 0 Å². The Bertz CT molecular complexity index is 544. The van der Waals surface area contributed by atoms with E-state index >= 15 is 0 Å². The molecule has 1 saturated carbocycles. The smallest absolute Gasteiger partial charge is 0.191 e. The van der Waals surface area contributed by atoms with Gasteiger partial charge in [-0.1, -0.05) is 25.1 Å². The maximum Gasteiger partial charge on any atom is 0.191 e. The molecule has 0 aromatic heterocycles. The first kappa shape index (κ1) is 18.6. The summed E-state index contributed by atoms with van der Waals surface area (Å²) >= 11 is 1.89. The van der Waals surface area contributed by atoms with Crippen LogP contribution in [0.3, 0.4) is 0 Å². The first-order chi connectivity index (χ1) is 12.2. The third-order valence-electron chi connectivity index (χ3n) is 4.87. The van der Waals surface area contributed by atoms with E-state index in [1.54, 1.807) is 0 Å². The van der Waals surface area contributed by atoms with Crippen LogP contribution in [-0.4, -0.2) is 54.9 Å². The molecule has 1 aliphatic carbocycles. The van der Waals surface area contributed by atoms with Crippen LogP contribution in [0.25, 0.3) is 0 Å². The number of nitrogens with zero attached hydrogens (tertiary/aromatic N) is 2. The summed E-state index contributed by atoms with van der Waals surface area (Å²) in [7, 11) is 0. The van der Waals surface area contributed by atoms with Gasteiger partial charge in [-0.3, -0.25) is 4.99 Å². The predicted octanol–water partition coefficient (Wildman–Crippen LogP) is 3.21. The fourth-order valence-corrected chi connectivity index (χ4v) is 4.30. The Morgan fingerprint density at radius 2 is 2.04 bits per heavy atom. The zero-order chi connectivity index (χ0) is 17.5. The summed E-state index contributed by atoms with van der Waals surface area (Å²) in [5.74, 6) is 1.73. The molecular weight excluding hydrogens is 328 g/mol. The van der Waals surface area contributed by atoms with Crippen LogP contribution in [-0.2, 0) is 0 Å². The summed E-state index contributed by atoms with van der Waals surface area (Å²) in [4.78, 5) is 8.79. The number of likely N-dealkylation sites (tertiary alicyclic amines) is 1. The average molecular weight is 361 g/mol. The fraction of sp³-hybridized carbons (Fsp3) is 0.650. The Labute approximate surface area is 156 Å². The lowest BCUT2D eigenvalue weighted by Gasteiger charge is -2.17. The van der Waals surface area contributed by atoms with Gasteiger partial charge in [0.1, 0.15) is 0 Å². The van der Waals surface area contributed by atoms with Crippen molar-refractivity contribution in [2.24, 2.45) is 10.9 Å². The van der Waals surface area contributed by atoms with Gasteiger partial charge in [-0.25, -0.2) is 0 Å². The molecule has 1 saturated heterocycles. The van der Waals surface area contributed by atoms with Crippen LogP contribution < -0.4 is 10.6 Å². The van der Waals surface area contributed by atoms with E-state index in [0.717, 1.165) is 37.6 Å². The number of hydrogen-bond acceptors (Lipinski definition) is 3. The molecule has 1 heterocycles. The molecule has 1 aliphatic heterocycles. The van der Waals surface area contributed by atoms with Crippen molar-refractivity contribution in [3.63, 3.8) is 0 Å². The molecule has 0 spiro atoms. The largest absolute Gasteiger partial charge is 0.357 e. The Balaban J connectivity index is 1.42. The molecule has 25 heavy (non-hydrogen) atoms. The predicted molar refractivity (Wildman–Crippen MR) is 108 cm³/mol. The minimum atomic E-state index is 0.467. The van der Waals surface area contributed by atoms with E-state index < -0.39 is 0 Å². The van der Waals surface area contributed by atoms with E-state index in [0.29, 0.717) is 5.25 Å². The molecule has 1 aromatic rings. The van der Waals surface area contributed by atoms with Crippen molar-refractivity contribution in [2.75, 3.05) is 32.7 Å². The number of benzene rings is 1. The molecule has 2 aliphatic rings. The number of hydrogen-bond donors (Lipinski definition) is 2. The number of rotatable bonds is 8. The molecule has 4 nitrogen and oxygen atoms in total. The molecule has 0 amide bonds. The van der Waals surface area contributed by atoms with Gasteiger partial charge in [0.2, 0.25) is 0 Å². The molecule has 138 valence electrons. The Morgan fingerprint density at radius 3 is 2.76 bits per heavy atom. The quantitative estimate of drug-likeness (QED) is 0.424. The van der Waals surface area contributed by atoms with Crippen LogP contribution in [0.2, 0.25) is 0 Å². The molecule has 2 unspecified atom stereocenters. The van der Waals surface area contributed by atoms with Crippen molar-refractivity contribution in [3.05, 3.63) is 30.3 Å². The number of guanidine groups is 1. The van der Waals surface area contributed by atoms with Crippen molar-refractivity contribution in [1.82, 2.24) is 15.5 Å². The SMILES string of the molecule is CCNC(=NCC(C)Sc1ccccc1)NCC1CCN(C2CC2)C1. The van der Waals surface area contributed by atoms with Crippen molar-refractivity contribution < 1.29 is 0 Å². The zero-order valence-corrected chi connectivity index (χ0v) is 16.4. The lowest BCUT2D eigenvalue weighted by Crippen LogP contribution is -2.40. The van der Waals surface area contributed by atoms with Crippen molar-refractivity contribution in [3.8, 4) is 0 Å². The van der Waals surface area contributed by atoms with Gasteiger partial charge < -0.3 is 15.5 Å². The highest BCUT2D eigenvalue weighted by Crippen LogP contribution is 2.31. The van der Waals surface area contributed by atoms with E-state index in [-0.39, 0.29) is 0 Å². The van der Waals surface area contributed by atoms with Crippen LogP contribution >= 0.6 is 11.8 Å². The Hall–Kier alpha value is -1.20. The normalized spacial score (nSPS) is 22.8. The first-order valence-corrected chi connectivity index (χ1v) is 10.6. The van der Waals surface area contributed by atoms with Crippen molar-refractivity contribution in [1.29, 1.82) is 0 Å². The summed E-state index contributed by atoms with van der Waals surface area (Å²) in [6.45, 7) is 9.69. The van der Waals surface area contributed by atoms with Gasteiger partial charge in [0.05, 0.1) is 6.54 Å². The monoisotopic (exact) mass is 360 g/mol. The van der Waals surface area contributed by atoms with Crippen LogP contribution in [0.4, 0.5) is 0 Å². The van der Waals surface area contributed by atoms with Crippen LogP contribution in [0.15, 0.2) is 40.2 Å². The Morgan fingerprint density at radius 1 is 1.24 bits per heavy atom. The van der Waals surface area contributed by atoms with Gasteiger partial charge in [-0.15, -0.1) is 11.8 Å². The summed E-state index contributed by atoms with van der Waals surface area (Å²) in [5, 5.41) is 7.42. The lowest BCUT2D eigenvalue weighted by atomic mass is 10.1. The second-order valence-electron chi connectivity index (χ2n) is 7.22. The van der Waals surface area contributed by atoms with E-state index in [1.807, 2.05) is 11.8 Å². The number of nitrogens with one attached hydrogen (secondary N) is 2. The van der Waals surface area contributed by atoms with Crippen LogP contribution in [0, 0.1) is 5.92 Å². The maximum absolute atomic E-state index is 4.80. The molecule has 2 atom stereocenters. The minimum Gasteiger partial charge on any atom is -0.357 e. The second-order valence-corrected chi connectivity index (χ2v) is 8.73. The highest BCUT2D eigenvalue weighted by atomic mass is 32.2. The maximum atomic E-state index is 4.80. The molecule has 0 bridgehead atoms. The fourth-order valence-electron chi connectivity index (χ4n) is 3.37. The van der Waals surface area contributed by atoms with Gasteiger partial charge in [-0.05, 0) is 50.8 Å². The van der Waals surface area contributed by atoms with Gasteiger partial charge in [0.25, 0.3) is 0 Å². The molecule has 2 N–H and O–H groups in total. The summed E-state index contributed by atoms with van der Waals surface area (Å²) in [6, 6.07) is 11.5. The minimum absolute atomic E-state index is 0.467. The highest BCUT2D eigenvalue weighted by molar-refractivity contribution is 8.00. The first-order valence-electron chi connectivity index (χ1n) is 9.72. The van der Waals surface area contributed by atoms with E-state index in [2.05, 4.69) is 59.7 Å². The molecule has 1 aromatic carbocycles. The third-order valence-corrected chi connectivity index (χ3v) is 5.97. The molecule has 2 fully saturated rings. The van der Waals surface area contributed by atoms with E-state index in [4.69, 9.17) is 4.99 Å². The Kier molecular flexibility index (Phi) is 7.05. The van der Waals surface area contributed by atoms with E-state index in [9.17, 15) is 0 Å². The molecular formula is C20H32N4S. The third kappa shape index (κ3) is 6.23. The molecule has 5 heteroatoms. The molecule has 3 rings (SSSR count). The van der Waals surface area contributed by atoms with Gasteiger partial charge >= 0.3 is 0 Å². The topological polar surface area (TPSA) is 39.7 Å². The van der Waals surface area contributed by atoms with Crippen molar-refractivity contribution >= 4 is 17.7 Å². The van der Waals surface area contributed by atoms with E-state index in [1.165, 1.54) is 37.2 Å². The summed E-state index contributed by atoms with van der Waals surface area (Å²) < 4.78 is 0. The van der Waals surface area contributed by atoms with Crippen molar-refractivity contribution in [2.45, 2.75) is 49.3 Å². The lowest BCUT2D eigenvalue weighted by molar-refractivity contribution is 0.314. The number of aliphatic imine (C=N–C) groups is 1. The molecule has 0 radical (unpaired) electrons. The summed E-state index contributed by atoms with van der Waals surface area (Å²) in [6.07, 6.45) is 4.16. The van der Waals surface area contributed by atoms with Crippen LogP contribution in [0.5, 0.6) is 0 Å². The summed E-state index contributed by atoms with van der Waals surface area (Å²) in [5.41, 5.74) is 0. The van der Waals surface area contributed by atoms with Gasteiger partial charge in [0.15, 0.2) is 5.96 Å². The highest BCUT2D eigenvalue weighted by Gasteiger charge is 2.34. The standard InChI is InChI=1S/C20H32N4S/c1-3-21-20(22-13-16(2)25-19-7-5-4-6-8-19)23-14-17-11-12-24(15-17)18-9-10-18/h4-8,16-18H,3,9-15H2,1-2H3,(H2,21,22,23). The van der Waals surface area contributed by atoms with Crippen LogP contribution in [0.1, 0.15) is 33.1 Å². The number of thioether (sulfide) groups is 1. The second kappa shape index (κ2) is 9.48. The zero-order valence-electron chi connectivity index (χ0n) is 15.6.